The zero-order valence-corrected chi connectivity index (χ0v) is 9.00. The van der Waals surface area contributed by atoms with Gasteiger partial charge in [0.25, 0.3) is 0 Å². The lowest BCUT2D eigenvalue weighted by Crippen LogP contribution is -2.31. The van der Waals surface area contributed by atoms with E-state index in [2.05, 4.69) is 15.9 Å². The van der Waals surface area contributed by atoms with Crippen LogP contribution < -0.4 is 10.2 Å². The monoisotopic (exact) mass is 244 g/mol. The molecule has 0 saturated carbocycles. The van der Waals surface area contributed by atoms with Gasteiger partial charge in [0.2, 0.25) is 0 Å². The molecule has 0 atom stereocenters. The molecule has 1 aromatic carbocycles. The maximum absolute atomic E-state index is 9.04. The minimum Gasteiger partial charge on any atom is -0.496 e. The highest BCUT2D eigenvalue weighted by molar-refractivity contribution is 9.10. The highest BCUT2D eigenvalue weighted by Gasteiger charge is 2.19. The van der Waals surface area contributed by atoms with Crippen LogP contribution in [0.15, 0.2) is 16.6 Å². The molecule has 0 spiro atoms. The standard InChI is InChI=1S/C8H10BBrO3/c1-5-3-6(9(11)12)8(13-2)7(10)4-5/h3-4,11-12H,1-2H3. The predicted octanol–water partition coefficient (Wildman–Crippen LogP) is 0.446. The fourth-order valence-electron chi connectivity index (χ4n) is 1.16. The Labute approximate surface area is 85.6 Å². The Hall–Kier alpha value is -0.515. The van der Waals surface area contributed by atoms with Gasteiger partial charge >= 0.3 is 7.12 Å². The van der Waals surface area contributed by atoms with Crippen LogP contribution in [0, 0.1) is 6.92 Å². The van der Waals surface area contributed by atoms with E-state index in [4.69, 9.17) is 14.8 Å². The highest BCUT2D eigenvalue weighted by Crippen LogP contribution is 2.23. The number of methoxy groups -OCH3 is 1. The first-order valence-electron chi connectivity index (χ1n) is 3.76. The lowest BCUT2D eigenvalue weighted by Gasteiger charge is -2.10. The van der Waals surface area contributed by atoms with Gasteiger partial charge in [-0.25, -0.2) is 0 Å². The van der Waals surface area contributed by atoms with E-state index in [1.165, 1.54) is 7.11 Å². The summed E-state index contributed by atoms with van der Waals surface area (Å²) in [6, 6.07) is 3.53. The lowest BCUT2D eigenvalue weighted by molar-refractivity contribution is 0.401. The third kappa shape index (κ3) is 2.24. The van der Waals surface area contributed by atoms with Gasteiger partial charge in [-0.2, -0.15) is 0 Å². The summed E-state index contributed by atoms with van der Waals surface area (Å²) in [7, 11) is -0.0208. The Morgan fingerprint density at radius 2 is 2.00 bits per heavy atom. The average Bonchev–Trinajstić information content (AvgIpc) is 2.02. The fraction of sp³-hybridized carbons (Fsp3) is 0.250. The lowest BCUT2D eigenvalue weighted by atomic mass is 9.79. The van der Waals surface area contributed by atoms with Gasteiger partial charge in [-0.15, -0.1) is 0 Å². The molecular weight excluding hydrogens is 235 g/mol. The van der Waals surface area contributed by atoms with E-state index in [0.717, 1.165) is 10.0 Å². The molecule has 0 heterocycles. The summed E-state index contributed by atoms with van der Waals surface area (Å²) in [6.45, 7) is 1.87. The van der Waals surface area contributed by atoms with E-state index in [-0.39, 0.29) is 0 Å². The smallest absolute Gasteiger partial charge is 0.492 e. The number of aryl methyl sites for hydroxylation is 1. The minimum absolute atomic E-state index is 0.370. The first-order chi connectivity index (χ1) is 6.06. The third-order valence-corrected chi connectivity index (χ3v) is 2.29. The zero-order valence-electron chi connectivity index (χ0n) is 7.41. The number of hydrogen-bond donors (Lipinski definition) is 2. The molecule has 0 bridgehead atoms. The summed E-state index contributed by atoms with van der Waals surface area (Å²) in [5, 5.41) is 18.1. The van der Waals surface area contributed by atoms with E-state index < -0.39 is 7.12 Å². The zero-order chi connectivity index (χ0) is 10.0. The van der Waals surface area contributed by atoms with E-state index in [0.29, 0.717) is 11.2 Å². The van der Waals surface area contributed by atoms with Crippen molar-refractivity contribution in [2.75, 3.05) is 7.11 Å². The molecule has 0 radical (unpaired) electrons. The highest BCUT2D eigenvalue weighted by atomic mass is 79.9. The maximum atomic E-state index is 9.04. The summed E-state index contributed by atoms with van der Waals surface area (Å²) >= 11 is 3.28. The maximum Gasteiger partial charge on any atom is 0.492 e. The molecule has 0 aliphatic rings. The third-order valence-electron chi connectivity index (χ3n) is 1.70. The van der Waals surface area contributed by atoms with Crippen molar-refractivity contribution in [3.05, 3.63) is 22.2 Å². The van der Waals surface area contributed by atoms with Crippen molar-refractivity contribution in [2.24, 2.45) is 0 Å². The van der Waals surface area contributed by atoms with Crippen LogP contribution in [0.25, 0.3) is 0 Å². The normalized spacial score (nSPS) is 9.92. The van der Waals surface area contributed by atoms with Crippen LogP contribution in [0.3, 0.4) is 0 Å². The Balaban J connectivity index is 3.29. The Morgan fingerprint density at radius 1 is 1.38 bits per heavy atom. The van der Waals surface area contributed by atoms with Crippen LogP contribution in [0.4, 0.5) is 0 Å². The van der Waals surface area contributed by atoms with Crippen LogP contribution in [0.1, 0.15) is 5.56 Å². The first-order valence-corrected chi connectivity index (χ1v) is 4.55. The van der Waals surface area contributed by atoms with Crippen molar-refractivity contribution in [3.8, 4) is 5.75 Å². The van der Waals surface area contributed by atoms with Gasteiger partial charge in [0.15, 0.2) is 0 Å². The quantitative estimate of drug-likeness (QED) is 0.743. The summed E-state index contributed by atoms with van der Waals surface area (Å²) in [5.41, 5.74) is 1.31. The van der Waals surface area contributed by atoms with Crippen molar-refractivity contribution < 1.29 is 14.8 Å². The molecule has 0 aliphatic heterocycles. The minimum atomic E-state index is -1.51. The van der Waals surface area contributed by atoms with Crippen LogP contribution in [0.5, 0.6) is 5.75 Å². The second kappa shape index (κ2) is 4.13. The molecule has 0 fully saturated rings. The Bertz CT molecular complexity index is 315. The van der Waals surface area contributed by atoms with Gasteiger partial charge in [-0.05, 0) is 28.9 Å². The van der Waals surface area contributed by atoms with Crippen LogP contribution >= 0.6 is 15.9 Å². The average molecular weight is 245 g/mol. The molecule has 3 nitrogen and oxygen atoms in total. The molecule has 0 unspecified atom stereocenters. The molecule has 1 rings (SSSR count). The van der Waals surface area contributed by atoms with E-state index >= 15 is 0 Å². The molecular formula is C8H10BBrO3. The summed E-state index contributed by atoms with van der Waals surface area (Å²) in [5.74, 6) is 0.459. The van der Waals surface area contributed by atoms with Crippen LogP contribution in [0.2, 0.25) is 0 Å². The molecule has 0 aromatic heterocycles. The van der Waals surface area contributed by atoms with E-state index in [1.54, 1.807) is 6.07 Å². The second-order valence-electron chi connectivity index (χ2n) is 2.74. The summed E-state index contributed by atoms with van der Waals surface area (Å²) in [4.78, 5) is 0. The molecule has 1 aromatic rings. The molecule has 0 saturated heterocycles. The van der Waals surface area contributed by atoms with Gasteiger partial charge < -0.3 is 14.8 Å². The van der Waals surface area contributed by atoms with E-state index in [9.17, 15) is 0 Å². The Kier molecular flexibility index (Phi) is 3.36. The van der Waals surface area contributed by atoms with E-state index in [1.807, 2.05) is 13.0 Å². The van der Waals surface area contributed by atoms with Gasteiger partial charge in [0, 0.05) is 5.46 Å². The van der Waals surface area contributed by atoms with Crippen molar-refractivity contribution >= 4 is 28.5 Å². The SMILES string of the molecule is COc1c(Br)cc(C)cc1B(O)O. The Morgan fingerprint density at radius 3 is 2.46 bits per heavy atom. The summed E-state index contributed by atoms with van der Waals surface area (Å²) < 4.78 is 5.75. The summed E-state index contributed by atoms with van der Waals surface area (Å²) in [6.07, 6.45) is 0. The van der Waals surface area contributed by atoms with Crippen molar-refractivity contribution in [1.29, 1.82) is 0 Å². The van der Waals surface area contributed by atoms with Gasteiger partial charge in [0.05, 0.1) is 11.6 Å². The van der Waals surface area contributed by atoms with Crippen molar-refractivity contribution in [1.82, 2.24) is 0 Å². The molecule has 2 N–H and O–H groups in total. The molecule has 70 valence electrons. The second-order valence-corrected chi connectivity index (χ2v) is 3.60. The van der Waals surface area contributed by atoms with Gasteiger partial charge in [-0.3, -0.25) is 0 Å². The van der Waals surface area contributed by atoms with Gasteiger partial charge in [0.1, 0.15) is 5.75 Å². The van der Waals surface area contributed by atoms with Crippen molar-refractivity contribution in [3.63, 3.8) is 0 Å². The van der Waals surface area contributed by atoms with Gasteiger partial charge in [-0.1, -0.05) is 11.6 Å². The largest absolute Gasteiger partial charge is 0.496 e. The predicted molar refractivity (Wildman–Crippen MR) is 55.3 cm³/mol. The molecule has 0 amide bonds. The number of hydrogen-bond acceptors (Lipinski definition) is 3. The van der Waals surface area contributed by atoms with Crippen LogP contribution in [-0.4, -0.2) is 24.3 Å². The molecule has 5 heteroatoms. The fourth-order valence-corrected chi connectivity index (χ4v) is 1.91. The number of ether oxygens (including phenoxy) is 1. The van der Waals surface area contributed by atoms with Crippen molar-refractivity contribution in [2.45, 2.75) is 6.92 Å². The first kappa shape index (κ1) is 10.6. The molecule has 0 aliphatic carbocycles. The topological polar surface area (TPSA) is 49.7 Å². The number of benzene rings is 1. The number of rotatable bonds is 2. The van der Waals surface area contributed by atoms with Crippen LogP contribution in [-0.2, 0) is 0 Å². The number of halogens is 1. The molecule has 13 heavy (non-hydrogen) atoms.